The number of piperazine rings is 1. The standard InChI is InChI=1S/C11H16N4O2/c1-8-7-14(9(2)5-13-8)10-3-4-12-6-11(10)15(16)17/h3-4,6,8-9,13H,5,7H2,1-2H3. The van der Waals surface area contributed by atoms with E-state index >= 15 is 0 Å². The Morgan fingerprint density at radius 3 is 3.06 bits per heavy atom. The van der Waals surface area contributed by atoms with Crippen molar-refractivity contribution in [1.29, 1.82) is 0 Å². The summed E-state index contributed by atoms with van der Waals surface area (Å²) in [4.78, 5) is 16.5. The Balaban J connectivity index is 2.35. The molecule has 17 heavy (non-hydrogen) atoms. The third kappa shape index (κ3) is 2.36. The second-order valence-electron chi connectivity index (χ2n) is 4.43. The first-order valence-electron chi connectivity index (χ1n) is 5.68. The van der Waals surface area contributed by atoms with Crippen LogP contribution >= 0.6 is 0 Å². The Morgan fingerprint density at radius 1 is 1.59 bits per heavy atom. The first-order valence-corrected chi connectivity index (χ1v) is 5.68. The third-order valence-electron chi connectivity index (χ3n) is 3.05. The van der Waals surface area contributed by atoms with E-state index in [0.29, 0.717) is 11.7 Å². The van der Waals surface area contributed by atoms with Crippen LogP contribution in [0.4, 0.5) is 11.4 Å². The number of anilines is 1. The Morgan fingerprint density at radius 2 is 2.35 bits per heavy atom. The molecular formula is C11H16N4O2. The topological polar surface area (TPSA) is 71.3 Å². The van der Waals surface area contributed by atoms with Crippen LogP contribution in [0.2, 0.25) is 0 Å². The summed E-state index contributed by atoms with van der Waals surface area (Å²) in [5.41, 5.74) is 0.735. The lowest BCUT2D eigenvalue weighted by atomic mass is 10.1. The average Bonchev–Trinajstić information content (AvgIpc) is 2.32. The van der Waals surface area contributed by atoms with Crippen LogP contribution in [-0.2, 0) is 0 Å². The fourth-order valence-corrected chi connectivity index (χ4v) is 2.12. The molecule has 1 N–H and O–H groups in total. The lowest BCUT2D eigenvalue weighted by Gasteiger charge is -2.38. The minimum atomic E-state index is -0.373. The maximum atomic E-state index is 11.0. The molecule has 1 aliphatic heterocycles. The van der Waals surface area contributed by atoms with Crippen LogP contribution in [-0.4, -0.2) is 35.1 Å². The van der Waals surface area contributed by atoms with Crippen LogP contribution < -0.4 is 10.2 Å². The Bertz CT molecular complexity index is 424. The molecule has 0 radical (unpaired) electrons. The number of nitro groups is 1. The summed E-state index contributed by atoms with van der Waals surface area (Å²) in [5, 5.41) is 14.3. The number of pyridine rings is 1. The summed E-state index contributed by atoms with van der Waals surface area (Å²) in [6.45, 7) is 5.74. The minimum absolute atomic E-state index is 0.0773. The molecule has 1 fully saturated rings. The van der Waals surface area contributed by atoms with E-state index < -0.39 is 0 Å². The highest BCUT2D eigenvalue weighted by Gasteiger charge is 2.27. The van der Waals surface area contributed by atoms with Crippen molar-refractivity contribution in [2.24, 2.45) is 0 Å². The smallest absolute Gasteiger partial charge is 0.310 e. The van der Waals surface area contributed by atoms with Crippen molar-refractivity contribution < 1.29 is 4.92 Å². The fourth-order valence-electron chi connectivity index (χ4n) is 2.12. The SMILES string of the molecule is CC1CN(c2ccncc2[N+](=O)[O-])C(C)CN1. The van der Waals surface area contributed by atoms with Gasteiger partial charge in [-0.3, -0.25) is 15.1 Å². The number of rotatable bonds is 2. The monoisotopic (exact) mass is 236 g/mol. The number of hydrogen-bond donors (Lipinski definition) is 1. The zero-order chi connectivity index (χ0) is 12.4. The van der Waals surface area contributed by atoms with Gasteiger partial charge in [-0.15, -0.1) is 0 Å². The number of nitrogens with zero attached hydrogens (tertiary/aromatic N) is 3. The number of hydrogen-bond acceptors (Lipinski definition) is 5. The Labute approximate surface area is 99.8 Å². The van der Waals surface area contributed by atoms with Gasteiger partial charge in [0.25, 0.3) is 0 Å². The summed E-state index contributed by atoms with van der Waals surface area (Å²) in [6, 6.07) is 2.29. The largest absolute Gasteiger partial charge is 0.360 e. The van der Waals surface area contributed by atoms with Gasteiger partial charge >= 0.3 is 5.69 Å². The highest BCUT2D eigenvalue weighted by atomic mass is 16.6. The van der Waals surface area contributed by atoms with Gasteiger partial charge in [0.05, 0.1) is 4.92 Å². The van der Waals surface area contributed by atoms with Crippen molar-refractivity contribution in [1.82, 2.24) is 10.3 Å². The zero-order valence-electron chi connectivity index (χ0n) is 9.96. The van der Waals surface area contributed by atoms with Gasteiger partial charge in [-0.25, -0.2) is 0 Å². The molecule has 0 aliphatic carbocycles. The van der Waals surface area contributed by atoms with Gasteiger partial charge in [0.15, 0.2) is 0 Å². The van der Waals surface area contributed by atoms with Crippen molar-refractivity contribution in [2.75, 3.05) is 18.0 Å². The van der Waals surface area contributed by atoms with E-state index in [1.165, 1.54) is 6.20 Å². The van der Waals surface area contributed by atoms with Crippen molar-refractivity contribution in [3.63, 3.8) is 0 Å². The third-order valence-corrected chi connectivity index (χ3v) is 3.05. The van der Waals surface area contributed by atoms with Crippen LogP contribution in [0.3, 0.4) is 0 Å². The second-order valence-corrected chi connectivity index (χ2v) is 4.43. The molecule has 1 aromatic rings. The normalized spacial score (nSPS) is 24.7. The van der Waals surface area contributed by atoms with Crippen molar-refractivity contribution in [3.05, 3.63) is 28.6 Å². The van der Waals surface area contributed by atoms with Gasteiger partial charge in [-0.05, 0) is 19.9 Å². The van der Waals surface area contributed by atoms with Crippen LogP contribution in [0, 0.1) is 10.1 Å². The Hall–Kier alpha value is -1.69. The van der Waals surface area contributed by atoms with Crippen LogP contribution in [0.5, 0.6) is 0 Å². The molecule has 0 amide bonds. The predicted octanol–water partition coefficient (Wildman–Crippen LogP) is 1.18. The quantitative estimate of drug-likeness (QED) is 0.616. The van der Waals surface area contributed by atoms with Gasteiger partial charge in [-0.2, -0.15) is 0 Å². The molecule has 92 valence electrons. The molecule has 0 saturated carbocycles. The molecule has 6 heteroatoms. The maximum absolute atomic E-state index is 11.0. The first-order chi connectivity index (χ1) is 8.09. The van der Waals surface area contributed by atoms with Crippen molar-refractivity contribution >= 4 is 11.4 Å². The fraction of sp³-hybridized carbons (Fsp3) is 0.545. The van der Waals surface area contributed by atoms with Crippen molar-refractivity contribution in [3.8, 4) is 0 Å². The second kappa shape index (κ2) is 4.67. The molecule has 1 saturated heterocycles. The van der Waals surface area contributed by atoms with E-state index in [9.17, 15) is 10.1 Å². The van der Waals surface area contributed by atoms with Gasteiger partial charge < -0.3 is 10.2 Å². The number of nitrogens with one attached hydrogen (secondary N) is 1. The molecule has 6 nitrogen and oxygen atoms in total. The summed E-state index contributed by atoms with van der Waals surface area (Å²) < 4.78 is 0. The van der Waals surface area contributed by atoms with Crippen LogP contribution in [0.15, 0.2) is 18.5 Å². The van der Waals surface area contributed by atoms with Gasteiger partial charge in [0.2, 0.25) is 0 Å². The summed E-state index contributed by atoms with van der Waals surface area (Å²) in [5.74, 6) is 0. The van der Waals surface area contributed by atoms with Crippen LogP contribution in [0.1, 0.15) is 13.8 Å². The maximum Gasteiger partial charge on any atom is 0.310 e. The van der Waals surface area contributed by atoms with Gasteiger partial charge in [0, 0.05) is 31.4 Å². The zero-order valence-corrected chi connectivity index (χ0v) is 9.96. The summed E-state index contributed by atoms with van der Waals surface area (Å²) >= 11 is 0. The highest BCUT2D eigenvalue weighted by molar-refractivity contribution is 5.62. The number of aromatic nitrogens is 1. The molecule has 0 aromatic carbocycles. The minimum Gasteiger partial charge on any atom is -0.360 e. The molecule has 1 aliphatic rings. The molecule has 2 unspecified atom stereocenters. The van der Waals surface area contributed by atoms with E-state index in [1.54, 1.807) is 12.3 Å². The molecule has 2 atom stereocenters. The summed E-state index contributed by atoms with van der Waals surface area (Å²) in [6.07, 6.45) is 2.91. The lowest BCUT2D eigenvalue weighted by molar-refractivity contribution is -0.384. The van der Waals surface area contributed by atoms with E-state index in [2.05, 4.69) is 29.0 Å². The van der Waals surface area contributed by atoms with Gasteiger partial charge in [0.1, 0.15) is 11.9 Å². The van der Waals surface area contributed by atoms with E-state index in [4.69, 9.17) is 0 Å². The van der Waals surface area contributed by atoms with Crippen LogP contribution in [0.25, 0.3) is 0 Å². The van der Waals surface area contributed by atoms with Crippen molar-refractivity contribution in [2.45, 2.75) is 25.9 Å². The molecule has 2 rings (SSSR count). The first kappa shape index (κ1) is 11.8. The Kier molecular flexibility index (Phi) is 3.23. The molecule has 0 spiro atoms. The highest BCUT2D eigenvalue weighted by Crippen LogP contribution is 2.29. The van der Waals surface area contributed by atoms with E-state index in [0.717, 1.165) is 13.1 Å². The van der Waals surface area contributed by atoms with E-state index in [1.807, 2.05) is 0 Å². The van der Waals surface area contributed by atoms with Gasteiger partial charge in [-0.1, -0.05) is 0 Å². The predicted molar refractivity (Wildman–Crippen MR) is 65.2 cm³/mol. The molecular weight excluding hydrogens is 220 g/mol. The van der Waals surface area contributed by atoms with E-state index in [-0.39, 0.29) is 16.7 Å². The molecule has 1 aromatic heterocycles. The lowest BCUT2D eigenvalue weighted by Crippen LogP contribution is -2.54. The summed E-state index contributed by atoms with van der Waals surface area (Å²) in [7, 11) is 0. The molecule has 0 bridgehead atoms. The average molecular weight is 236 g/mol. The molecule has 2 heterocycles.